The van der Waals surface area contributed by atoms with E-state index >= 15 is 0 Å². The van der Waals surface area contributed by atoms with Crippen LogP contribution in [0.1, 0.15) is 11.5 Å². The molecule has 0 bridgehead atoms. The molecule has 0 radical (unpaired) electrons. The van der Waals surface area contributed by atoms with E-state index < -0.39 is 0 Å². The predicted octanol–water partition coefficient (Wildman–Crippen LogP) is 5.25. The molecule has 100 valence electrons. The Morgan fingerprint density at radius 3 is 1.25 bits per heavy atom. The fourth-order valence-corrected chi connectivity index (χ4v) is 1.37. The van der Waals surface area contributed by atoms with Crippen molar-refractivity contribution < 1.29 is 21.7 Å². The molecule has 0 spiro atoms. The zero-order valence-corrected chi connectivity index (χ0v) is 13.2. The van der Waals surface area contributed by atoms with Gasteiger partial charge >= 0.3 is 21.7 Å². The summed E-state index contributed by atoms with van der Waals surface area (Å²) in [5.41, 5.74) is 1.19. The molecular weight excluding hydrogens is 276 g/mol. The van der Waals surface area contributed by atoms with E-state index in [9.17, 15) is 0 Å². The molecule has 20 heavy (non-hydrogen) atoms. The summed E-state index contributed by atoms with van der Waals surface area (Å²) in [5, 5.41) is 0. The van der Waals surface area contributed by atoms with E-state index in [-0.39, 0.29) is 27.6 Å². The fraction of sp³-hybridized carbons (Fsp3) is 0.0526. The SMILES string of the molecule is [CH2-]C([CH2-])c1ccccc1.[Ti+4].c1cc[cH-]c1.c1cc[cH-]c1. The minimum atomic E-state index is 0. The van der Waals surface area contributed by atoms with E-state index in [1.807, 2.05) is 91.0 Å². The second-order valence-corrected chi connectivity index (χ2v) is 4.03. The van der Waals surface area contributed by atoms with Crippen molar-refractivity contribution in [3.05, 3.63) is 110 Å². The van der Waals surface area contributed by atoms with Crippen LogP contribution in [-0.2, 0) is 21.7 Å². The van der Waals surface area contributed by atoms with E-state index in [0.717, 1.165) is 0 Å². The Bertz CT molecular complexity index is 403. The van der Waals surface area contributed by atoms with Crippen molar-refractivity contribution in [3.63, 3.8) is 0 Å². The molecule has 0 aliphatic heterocycles. The topological polar surface area (TPSA) is 0 Å². The molecule has 3 aromatic carbocycles. The van der Waals surface area contributed by atoms with Crippen molar-refractivity contribution in [2.24, 2.45) is 0 Å². The first-order valence-corrected chi connectivity index (χ1v) is 6.35. The van der Waals surface area contributed by atoms with Crippen molar-refractivity contribution in [1.82, 2.24) is 0 Å². The smallest absolute Gasteiger partial charge is 0.365 e. The van der Waals surface area contributed by atoms with Crippen LogP contribution in [0.25, 0.3) is 0 Å². The molecule has 0 heterocycles. The Morgan fingerprint density at radius 1 is 0.650 bits per heavy atom. The second-order valence-electron chi connectivity index (χ2n) is 4.03. The zero-order valence-electron chi connectivity index (χ0n) is 11.7. The second kappa shape index (κ2) is 12.7. The third-order valence-corrected chi connectivity index (χ3v) is 2.38. The zero-order chi connectivity index (χ0) is 13.8. The van der Waals surface area contributed by atoms with Gasteiger partial charge in [-0.3, -0.25) is 5.92 Å². The van der Waals surface area contributed by atoms with E-state index in [1.165, 1.54) is 5.56 Å². The van der Waals surface area contributed by atoms with Gasteiger partial charge in [-0.25, -0.2) is 24.3 Å². The van der Waals surface area contributed by atoms with Gasteiger partial charge in [0.2, 0.25) is 0 Å². The summed E-state index contributed by atoms with van der Waals surface area (Å²) in [6, 6.07) is 30.1. The van der Waals surface area contributed by atoms with Crippen LogP contribution in [0.15, 0.2) is 91.0 Å². The van der Waals surface area contributed by atoms with Crippen LogP contribution in [0.5, 0.6) is 0 Å². The molecule has 0 aromatic heterocycles. The molecule has 0 atom stereocenters. The Morgan fingerprint density at radius 2 is 1.05 bits per heavy atom. The summed E-state index contributed by atoms with van der Waals surface area (Å²) in [4.78, 5) is 0. The molecule has 0 N–H and O–H groups in total. The van der Waals surface area contributed by atoms with Crippen LogP contribution in [-0.4, -0.2) is 0 Å². The van der Waals surface area contributed by atoms with Crippen LogP contribution >= 0.6 is 0 Å². The molecule has 3 aromatic rings. The molecule has 0 unspecified atom stereocenters. The van der Waals surface area contributed by atoms with E-state index in [4.69, 9.17) is 0 Å². The standard InChI is InChI=1S/C9H10.2C5H5.Ti/c1-8(2)9-6-4-3-5-7-9;2*1-2-4-5-3-1;/h3-8H,1-2H2;2*1-5H;/q-2;2*-1;+4. The minimum Gasteiger partial charge on any atom is -0.365 e. The summed E-state index contributed by atoms with van der Waals surface area (Å²) in [7, 11) is 0. The van der Waals surface area contributed by atoms with Gasteiger partial charge in [0.05, 0.1) is 0 Å². The first-order chi connectivity index (χ1) is 9.30. The average molecular weight is 296 g/mol. The number of benzene rings is 1. The van der Waals surface area contributed by atoms with Gasteiger partial charge < -0.3 is 13.8 Å². The van der Waals surface area contributed by atoms with E-state index in [2.05, 4.69) is 13.8 Å². The third-order valence-electron chi connectivity index (χ3n) is 2.38. The molecule has 1 heteroatoms. The van der Waals surface area contributed by atoms with Gasteiger partial charge in [-0.05, 0) is 0 Å². The Labute approximate surface area is 138 Å². The summed E-state index contributed by atoms with van der Waals surface area (Å²) in [5.74, 6) is 0.159. The normalized spacial score (nSPS) is 8.55. The number of hydrogen-bond donors (Lipinski definition) is 0. The van der Waals surface area contributed by atoms with Crippen LogP contribution in [0.4, 0.5) is 0 Å². The third kappa shape index (κ3) is 9.55. The van der Waals surface area contributed by atoms with Crippen LogP contribution in [0.2, 0.25) is 0 Å². The molecule has 3 rings (SSSR count). The van der Waals surface area contributed by atoms with Gasteiger partial charge in [0.1, 0.15) is 0 Å². The Kier molecular flexibility index (Phi) is 11.8. The molecule has 0 aliphatic rings. The van der Waals surface area contributed by atoms with E-state index in [0.29, 0.717) is 0 Å². The molecule has 0 nitrogen and oxygen atoms in total. The maximum Gasteiger partial charge on any atom is 4.00 e. The predicted molar refractivity (Wildman–Crippen MR) is 84.0 cm³/mol. The molecule has 0 amide bonds. The first kappa shape index (κ1) is 18.6. The average Bonchev–Trinajstić information content (AvgIpc) is 3.18. The van der Waals surface area contributed by atoms with Crippen LogP contribution in [0.3, 0.4) is 0 Å². The van der Waals surface area contributed by atoms with Crippen molar-refractivity contribution in [1.29, 1.82) is 0 Å². The van der Waals surface area contributed by atoms with E-state index in [1.54, 1.807) is 0 Å². The van der Waals surface area contributed by atoms with Gasteiger partial charge in [0.15, 0.2) is 0 Å². The Balaban J connectivity index is 0.000000282. The van der Waals surface area contributed by atoms with Crippen molar-refractivity contribution >= 4 is 0 Å². The first-order valence-electron chi connectivity index (χ1n) is 6.35. The summed E-state index contributed by atoms with van der Waals surface area (Å²) < 4.78 is 0. The quantitative estimate of drug-likeness (QED) is 0.425. The van der Waals surface area contributed by atoms with Gasteiger partial charge in [0, 0.05) is 0 Å². The maximum absolute atomic E-state index is 3.80. The maximum atomic E-state index is 3.80. The molecular formula is C19H20Ti. The number of hydrogen-bond acceptors (Lipinski definition) is 0. The fourth-order valence-electron chi connectivity index (χ4n) is 1.37. The monoisotopic (exact) mass is 296 g/mol. The van der Waals surface area contributed by atoms with Crippen LogP contribution in [0, 0.1) is 13.8 Å². The Hall–Kier alpha value is -1.37. The van der Waals surface area contributed by atoms with Gasteiger partial charge in [-0.2, -0.15) is 36.4 Å². The van der Waals surface area contributed by atoms with Gasteiger partial charge in [-0.1, -0.05) is 30.3 Å². The van der Waals surface area contributed by atoms with Crippen molar-refractivity contribution in [2.75, 3.05) is 0 Å². The summed E-state index contributed by atoms with van der Waals surface area (Å²) in [6.45, 7) is 7.60. The van der Waals surface area contributed by atoms with Crippen LogP contribution < -0.4 is 0 Å². The molecule has 0 saturated heterocycles. The molecule has 0 aliphatic carbocycles. The van der Waals surface area contributed by atoms with Crippen molar-refractivity contribution in [3.8, 4) is 0 Å². The van der Waals surface area contributed by atoms with Gasteiger partial charge in [0.25, 0.3) is 0 Å². The summed E-state index contributed by atoms with van der Waals surface area (Å²) >= 11 is 0. The van der Waals surface area contributed by atoms with Gasteiger partial charge in [-0.15, -0.1) is 5.56 Å². The minimum absolute atomic E-state index is 0. The number of rotatable bonds is 1. The largest absolute Gasteiger partial charge is 4.00 e. The summed E-state index contributed by atoms with van der Waals surface area (Å²) in [6.07, 6.45) is 0. The molecule has 0 saturated carbocycles. The van der Waals surface area contributed by atoms with Crippen molar-refractivity contribution in [2.45, 2.75) is 5.92 Å². The molecule has 0 fully saturated rings.